The molecule has 2 aliphatic rings. The third-order valence-corrected chi connectivity index (χ3v) is 5.44. The summed E-state index contributed by atoms with van der Waals surface area (Å²) in [5.74, 6) is 0.759. The number of carbonyl (C=O) groups excluding carboxylic acids is 1. The topological polar surface area (TPSA) is 88.0 Å². The van der Waals surface area contributed by atoms with Crippen LogP contribution in [0.25, 0.3) is 0 Å². The van der Waals surface area contributed by atoms with Crippen molar-refractivity contribution in [1.29, 1.82) is 0 Å². The first kappa shape index (κ1) is 17.7. The van der Waals surface area contributed by atoms with Crippen molar-refractivity contribution >= 4 is 5.91 Å². The molecule has 1 heterocycles. The van der Waals surface area contributed by atoms with E-state index in [4.69, 9.17) is 9.47 Å². The number of benzene rings is 2. The average Bonchev–Trinajstić information content (AvgIpc) is 3.11. The summed E-state index contributed by atoms with van der Waals surface area (Å²) in [4.78, 5) is 12.9. The summed E-state index contributed by atoms with van der Waals surface area (Å²) in [6.45, 7) is 0.676. The van der Waals surface area contributed by atoms with Crippen molar-refractivity contribution in [1.82, 2.24) is 5.32 Å². The number of phenolic OH excluding ortho intramolecular Hbond substituents is 1. The van der Waals surface area contributed by atoms with Crippen molar-refractivity contribution < 1.29 is 24.5 Å². The lowest BCUT2D eigenvalue weighted by atomic mass is 9.74. The largest absolute Gasteiger partial charge is 0.504 e. The zero-order valence-corrected chi connectivity index (χ0v) is 15.1. The maximum atomic E-state index is 12.9. The average molecular weight is 369 g/mol. The SMILES string of the molecule is COc1cccc(C(=O)N[C@@H](c2ccc3c(c2)CCO3)C2CC(O)C2)c1O. The van der Waals surface area contributed by atoms with Gasteiger partial charge in [-0.05, 0) is 54.2 Å². The van der Waals surface area contributed by atoms with Crippen LogP contribution in [0, 0.1) is 5.92 Å². The van der Waals surface area contributed by atoms with Crippen molar-refractivity contribution in [2.75, 3.05) is 13.7 Å². The highest BCUT2D eigenvalue weighted by molar-refractivity contribution is 5.97. The highest BCUT2D eigenvalue weighted by atomic mass is 16.5. The lowest BCUT2D eigenvalue weighted by Gasteiger charge is -2.38. The fraction of sp³-hybridized carbons (Fsp3) is 0.381. The van der Waals surface area contributed by atoms with Gasteiger partial charge in [0.1, 0.15) is 5.75 Å². The van der Waals surface area contributed by atoms with Gasteiger partial charge in [-0.2, -0.15) is 0 Å². The number of nitrogens with one attached hydrogen (secondary N) is 1. The number of methoxy groups -OCH3 is 1. The zero-order valence-electron chi connectivity index (χ0n) is 15.1. The van der Waals surface area contributed by atoms with Crippen LogP contribution in [0.2, 0.25) is 0 Å². The summed E-state index contributed by atoms with van der Waals surface area (Å²) >= 11 is 0. The van der Waals surface area contributed by atoms with Gasteiger partial charge in [0.2, 0.25) is 0 Å². The molecule has 1 amide bonds. The molecule has 2 aromatic carbocycles. The van der Waals surface area contributed by atoms with Gasteiger partial charge in [0, 0.05) is 6.42 Å². The van der Waals surface area contributed by atoms with Crippen LogP contribution in [0.15, 0.2) is 36.4 Å². The van der Waals surface area contributed by atoms with Gasteiger partial charge in [-0.3, -0.25) is 4.79 Å². The number of fused-ring (bicyclic) bond motifs is 1. The number of carbonyl (C=O) groups is 1. The molecule has 2 aromatic rings. The molecule has 1 aliphatic carbocycles. The van der Waals surface area contributed by atoms with E-state index in [-0.39, 0.29) is 41.0 Å². The monoisotopic (exact) mass is 369 g/mol. The van der Waals surface area contributed by atoms with Crippen LogP contribution < -0.4 is 14.8 Å². The first-order valence-corrected chi connectivity index (χ1v) is 9.17. The molecule has 0 aromatic heterocycles. The van der Waals surface area contributed by atoms with Crippen molar-refractivity contribution in [3.63, 3.8) is 0 Å². The number of hydrogen-bond acceptors (Lipinski definition) is 5. The molecule has 142 valence electrons. The van der Waals surface area contributed by atoms with Crippen LogP contribution >= 0.6 is 0 Å². The molecular formula is C21H23NO5. The van der Waals surface area contributed by atoms with Crippen LogP contribution in [-0.2, 0) is 6.42 Å². The molecule has 1 saturated carbocycles. The predicted octanol–water partition coefficient (Wildman–Crippen LogP) is 2.58. The molecule has 0 bridgehead atoms. The second-order valence-electron chi connectivity index (χ2n) is 7.16. The van der Waals surface area contributed by atoms with Gasteiger partial charge in [0.15, 0.2) is 11.5 Å². The van der Waals surface area contributed by atoms with Gasteiger partial charge >= 0.3 is 0 Å². The normalized spacial score (nSPS) is 21.6. The van der Waals surface area contributed by atoms with Gasteiger partial charge in [-0.15, -0.1) is 0 Å². The van der Waals surface area contributed by atoms with Crippen molar-refractivity contribution in [2.24, 2.45) is 5.92 Å². The molecule has 1 fully saturated rings. The molecule has 0 spiro atoms. The number of rotatable bonds is 5. The number of aromatic hydroxyl groups is 1. The fourth-order valence-electron chi connectivity index (χ4n) is 3.86. The third kappa shape index (κ3) is 3.32. The highest BCUT2D eigenvalue weighted by Crippen LogP contribution is 2.40. The van der Waals surface area contributed by atoms with E-state index in [2.05, 4.69) is 11.4 Å². The Balaban J connectivity index is 1.61. The van der Waals surface area contributed by atoms with Gasteiger partial charge in [-0.25, -0.2) is 0 Å². The molecule has 0 saturated heterocycles. The van der Waals surface area contributed by atoms with Gasteiger partial charge in [0.25, 0.3) is 5.91 Å². The molecule has 27 heavy (non-hydrogen) atoms. The van der Waals surface area contributed by atoms with Gasteiger partial charge in [0.05, 0.1) is 31.4 Å². The molecule has 1 aliphatic heterocycles. The van der Waals surface area contributed by atoms with Crippen LogP contribution in [0.5, 0.6) is 17.2 Å². The molecule has 6 heteroatoms. The molecule has 1 atom stereocenters. The molecule has 3 N–H and O–H groups in total. The molecular weight excluding hydrogens is 346 g/mol. The van der Waals surface area contributed by atoms with E-state index < -0.39 is 0 Å². The fourth-order valence-corrected chi connectivity index (χ4v) is 3.86. The zero-order chi connectivity index (χ0) is 19.0. The third-order valence-electron chi connectivity index (χ3n) is 5.44. The van der Waals surface area contributed by atoms with E-state index >= 15 is 0 Å². The van der Waals surface area contributed by atoms with E-state index in [9.17, 15) is 15.0 Å². The lowest BCUT2D eigenvalue weighted by Crippen LogP contribution is -2.41. The summed E-state index contributed by atoms with van der Waals surface area (Å²) in [5.41, 5.74) is 2.30. The van der Waals surface area contributed by atoms with E-state index in [0.717, 1.165) is 23.3 Å². The van der Waals surface area contributed by atoms with Crippen LogP contribution in [0.1, 0.15) is 40.4 Å². The smallest absolute Gasteiger partial charge is 0.255 e. The standard InChI is InChI=1S/C21H23NO5/c1-26-18-4-2-3-16(20(18)24)21(25)22-19(14-10-15(23)11-14)13-5-6-17-12(9-13)7-8-27-17/h2-6,9,14-15,19,23-24H,7-8,10-11H2,1H3,(H,22,25)/t14?,15?,19-/m0/s1. The number of ether oxygens (including phenoxy) is 2. The Kier molecular flexibility index (Phi) is 4.66. The second kappa shape index (κ2) is 7.12. The first-order chi connectivity index (χ1) is 13.1. The van der Waals surface area contributed by atoms with Crippen molar-refractivity contribution in [3.8, 4) is 17.2 Å². The number of aliphatic hydroxyl groups is 1. The number of amides is 1. The molecule has 0 unspecified atom stereocenters. The Bertz CT molecular complexity index is 860. The number of para-hydroxylation sites is 1. The summed E-state index contributed by atoms with van der Waals surface area (Å²) in [6, 6.07) is 10.6. The number of phenols is 1. The Morgan fingerprint density at radius 3 is 2.85 bits per heavy atom. The minimum absolute atomic E-state index is 0.150. The quantitative estimate of drug-likeness (QED) is 0.754. The summed E-state index contributed by atoms with van der Waals surface area (Å²) in [5, 5.41) is 23.1. The van der Waals surface area contributed by atoms with Crippen molar-refractivity contribution in [2.45, 2.75) is 31.4 Å². The first-order valence-electron chi connectivity index (χ1n) is 9.17. The predicted molar refractivity (Wildman–Crippen MR) is 99.2 cm³/mol. The molecule has 4 rings (SSSR count). The van der Waals surface area contributed by atoms with Crippen LogP contribution in [-0.4, -0.2) is 35.9 Å². The maximum Gasteiger partial charge on any atom is 0.255 e. The Morgan fingerprint density at radius 1 is 1.30 bits per heavy atom. The molecule has 6 nitrogen and oxygen atoms in total. The van der Waals surface area contributed by atoms with Crippen LogP contribution in [0.3, 0.4) is 0 Å². The second-order valence-corrected chi connectivity index (χ2v) is 7.16. The number of aliphatic hydroxyl groups excluding tert-OH is 1. The van der Waals surface area contributed by atoms with E-state index in [1.54, 1.807) is 18.2 Å². The Labute approximate surface area is 157 Å². The summed E-state index contributed by atoms with van der Waals surface area (Å²) in [7, 11) is 1.45. The highest BCUT2D eigenvalue weighted by Gasteiger charge is 2.36. The summed E-state index contributed by atoms with van der Waals surface area (Å²) in [6.07, 6.45) is 1.82. The van der Waals surface area contributed by atoms with Crippen molar-refractivity contribution in [3.05, 3.63) is 53.1 Å². The van der Waals surface area contributed by atoms with E-state index in [0.29, 0.717) is 19.4 Å². The Hall–Kier alpha value is -2.73. The van der Waals surface area contributed by atoms with E-state index in [1.165, 1.54) is 7.11 Å². The number of hydrogen-bond donors (Lipinski definition) is 3. The lowest BCUT2D eigenvalue weighted by molar-refractivity contribution is 0.0235. The minimum atomic E-state index is -0.366. The minimum Gasteiger partial charge on any atom is -0.504 e. The van der Waals surface area contributed by atoms with Gasteiger partial charge < -0.3 is 25.0 Å². The van der Waals surface area contributed by atoms with Crippen LogP contribution in [0.4, 0.5) is 0 Å². The molecule has 0 radical (unpaired) electrons. The maximum absolute atomic E-state index is 12.9. The summed E-state index contributed by atoms with van der Waals surface area (Å²) < 4.78 is 10.7. The van der Waals surface area contributed by atoms with Gasteiger partial charge in [-0.1, -0.05) is 12.1 Å². The van der Waals surface area contributed by atoms with E-state index in [1.807, 2.05) is 12.1 Å². The Morgan fingerprint density at radius 2 is 2.11 bits per heavy atom.